The summed E-state index contributed by atoms with van der Waals surface area (Å²) in [5.41, 5.74) is 0.812. The predicted octanol–water partition coefficient (Wildman–Crippen LogP) is 4.60. The van der Waals surface area contributed by atoms with Crippen molar-refractivity contribution in [2.24, 2.45) is 0 Å². The molecule has 1 heterocycles. The number of carbonyl (C=O) groups excluding carboxylic acids is 1. The van der Waals surface area contributed by atoms with Crippen molar-refractivity contribution in [3.05, 3.63) is 65.9 Å². The Hall–Kier alpha value is -2.96. The summed E-state index contributed by atoms with van der Waals surface area (Å²) in [7, 11) is 1.49. The molecule has 0 spiro atoms. The number of benzene rings is 2. The van der Waals surface area contributed by atoms with Crippen molar-refractivity contribution in [2.75, 3.05) is 7.05 Å². The Bertz CT molecular complexity index is 869. The molecule has 3 rings (SSSR count). The number of para-hydroxylation sites is 2. The van der Waals surface area contributed by atoms with Crippen LogP contribution in [0.5, 0.6) is 5.75 Å². The number of hydrogen-bond acceptors (Lipinski definition) is 3. The number of nitrogens with zero attached hydrogens (tertiary/aromatic N) is 1. The van der Waals surface area contributed by atoms with Gasteiger partial charge >= 0.3 is 6.36 Å². The molecule has 2 aromatic carbocycles. The molecule has 0 aliphatic heterocycles. The van der Waals surface area contributed by atoms with E-state index in [1.54, 1.807) is 24.3 Å². The van der Waals surface area contributed by atoms with Gasteiger partial charge in [0.25, 0.3) is 5.91 Å². The Balaban J connectivity index is 1.80. The number of halogens is 3. The predicted molar refractivity (Wildman–Crippen MR) is 85.1 cm³/mol. The molecule has 1 aromatic heterocycles. The average Bonchev–Trinajstić information content (AvgIpc) is 2.98. The van der Waals surface area contributed by atoms with Crippen LogP contribution >= 0.6 is 0 Å². The van der Waals surface area contributed by atoms with E-state index in [0.29, 0.717) is 5.58 Å². The van der Waals surface area contributed by atoms with Gasteiger partial charge in [-0.25, -0.2) is 0 Å². The fraction of sp³-hybridized carbons (Fsp3) is 0.167. The minimum atomic E-state index is -4.79. The normalized spacial score (nSPS) is 11.5. The third-order valence-corrected chi connectivity index (χ3v) is 3.59. The molecular weight excluding hydrogens is 335 g/mol. The second kappa shape index (κ2) is 6.51. The zero-order chi connectivity index (χ0) is 18.0. The SMILES string of the molecule is CN(Cc1ccccc1OC(F)(F)F)C(=O)c1cc2ccccc2o1. The van der Waals surface area contributed by atoms with Crippen LogP contribution in [0.15, 0.2) is 59.0 Å². The van der Waals surface area contributed by atoms with Gasteiger partial charge in [-0.3, -0.25) is 4.79 Å². The molecular formula is C18H14F3NO3. The fourth-order valence-electron chi connectivity index (χ4n) is 2.46. The third kappa shape index (κ3) is 3.93. The quantitative estimate of drug-likeness (QED) is 0.691. The van der Waals surface area contributed by atoms with Crippen LogP contribution in [0.1, 0.15) is 16.1 Å². The Morgan fingerprint density at radius 1 is 1.12 bits per heavy atom. The van der Waals surface area contributed by atoms with Crippen molar-refractivity contribution in [3.8, 4) is 5.75 Å². The second-order valence-corrected chi connectivity index (χ2v) is 5.47. The van der Waals surface area contributed by atoms with E-state index in [2.05, 4.69) is 4.74 Å². The van der Waals surface area contributed by atoms with Crippen molar-refractivity contribution in [3.63, 3.8) is 0 Å². The molecule has 3 aromatic rings. The maximum atomic E-state index is 12.5. The van der Waals surface area contributed by atoms with E-state index in [0.717, 1.165) is 5.39 Å². The van der Waals surface area contributed by atoms with Crippen LogP contribution in [0.3, 0.4) is 0 Å². The van der Waals surface area contributed by atoms with Crippen molar-refractivity contribution < 1.29 is 27.1 Å². The lowest BCUT2D eigenvalue weighted by Crippen LogP contribution is -2.26. The van der Waals surface area contributed by atoms with Crippen LogP contribution in [0.4, 0.5) is 13.2 Å². The van der Waals surface area contributed by atoms with Gasteiger partial charge in [0.2, 0.25) is 0 Å². The van der Waals surface area contributed by atoms with Crippen molar-refractivity contribution in [1.29, 1.82) is 0 Å². The van der Waals surface area contributed by atoms with E-state index in [4.69, 9.17) is 4.42 Å². The largest absolute Gasteiger partial charge is 0.573 e. The summed E-state index contributed by atoms with van der Waals surface area (Å²) in [6.07, 6.45) is -4.79. The maximum Gasteiger partial charge on any atom is 0.573 e. The van der Waals surface area contributed by atoms with Gasteiger partial charge in [0.15, 0.2) is 5.76 Å². The summed E-state index contributed by atoms with van der Waals surface area (Å²) in [5.74, 6) is -0.643. The minimum Gasteiger partial charge on any atom is -0.451 e. The zero-order valence-corrected chi connectivity index (χ0v) is 13.2. The Labute approximate surface area is 141 Å². The maximum absolute atomic E-state index is 12.5. The van der Waals surface area contributed by atoms with Crippen molar-refractivity contribution >= 4 is 16.9 Å². The van der Waals surface area contributed by atoms with Crippen LogP contribution in [0.25, 0.3) is 11.0 Å². The zero-order valence-electron chi connectivity index (χ0n) is 13.2. The summed E-state index contributed by atoms with van der Waals surface area (Å²) in [6.45, 7) is -0.0534. The molecule has 0 unspecified atom stereocenters. The highest BCUT2D eigenvalue weighted by molar-refractivity contribution is 5.95. The van der Waals surface area contributed by atoms with E-state index < -0.39 is 12.3 Å². The highest BCUT2D eigenvalue weighted by Crippen LogP contribution is 2.27. The lowest BCUT2D eigenvalue weighted by Gasteiger charge is -2.19. The Morgan fingerprint density at radius 3 is 2.52 bits per heavy atom. The van der Waals surface area contributed by atoms with Gasteiger partial charge in [-0.15, -0.1) is 13.2 Å². The summed E-state index contributed by atoms with van der Waals surface area (Å²) in [4.78, 5) is 13.8. The first-order valence-electron chi connectivity index (χ1n) is 7.41. The van der Waals surface area contributed by atoms with Crippen LogP contribution in [0, 0.1) is 0 Å². The number of rotatable bonds is 4. The third-order valence-electron chi connectivity index (χ3n) is 3.59. The van der Waals surface area contributed by atoms with Gasteiger partial charge in [-0.2, -0.15) is 0 Å². The van der Waals surface area contributed by atoms with Crippen LogP contribution in [-0.2, 0) is 6.54 Å². The Kier molecular flexibility index (Phi) is 4.39. The minimum absolute atomic E-state index is 0.0534. The monoisotopic (exact) mass is 349 g/mol. The van der Waals surface area contributed by atoms with E-state index in [9.17, 15) is 18.0 Å². The molecule has 7 heteroatoms. The molecule has 130 valence electrons. The number of furan rings is 1. The number of ether oxygens (including phenoxy) is 1. The number of hydrogen-bond donors (Lipinski definition) is 0. The molecule has 0 aliphatic rings. The Morgan fingerprint density at radius 2 is 1.80 bits per heavy atom. The highest BCUT2D eigenvalue weighted by atomic mass is 19.4. The van der Waals surface area contributed by atoms with Gasteiger partial charge < -0.3 is 14.1 Å². The highest BCUT2D eigenvalue weighted by Gasteiger charge is 2.32. The van der Waals surface area contributed by atoms with Gasteiger partial charge in [0.1, 0.15) is 11.3 Å². The first-order valence-corrected chi connectivity index (χ1v) is 7.41. The molecule has 0 radical (unpaired) electrons. The number of carbonyl (C=O) groups is 1. The second-order valence-electron chi connectivity index (χ2n) is 5.47. The van der Waals surface area contributed by atoms with Gasteiger partial charge in [0, 0.05) is 24.5 Å². The lowest BCUT2D eigenvalue weighted by atomic mass is 10.2. The lowest BCUT2D eigenvalue weighted by molar-refractivity contribution is -0.275. The first-order chi connectivity index (χ1) is 11.8. The summed E-state index contributed by atoms with van der Waals surface area (Å²) < 4.78 is 47.0. The van der Waals surface area contributed by atoms with E-state index in [-0.39, 0.29) is 23.6 Å². The summed E-state index contributed by atoms with van der Waals surface area (Å²) in [5, 5.41) is 0.778. The molecule has 25 heavy (non-hydrogen) atoms. The summed E-state index contributed by atoms with van der Waals surface area (Å²) >= 11 is 0. The smallest absolute Gasteiger partial charge is 0.451 e. The molecule has 0 bridgehead atoms. The van der Waals surface area contributed by atoms with E-state index in [1.807, 2.05) is 12.1 Å². The first kappa shape index (κ1) is 16.9. The van der Waals surface area contributed by atoms with Gasteiger partial charge in [-0.1, -0.05) is 36.4 Å². The van der Waals surface area contributed by atoms with E-state index in [1.165, 1.54) is 30.1 Å². The van der Waals surface area contributed by atoms with Crippen LogP contribution in [-0.4, -0.2) is 24.2 Å². The molecule has 0 saturated heterocycles. The fourth-order valence-corrected chi connectivity index (χ4v) is 2.46. The molecule has 0 atom stereocenters. The molecule has 0 fully saturated rings. The number of fused-ring (bicyclic) bond motifs is 1. The summed E-state index contributed by atoms with van der Waals surface area (Å²) in [6, 6.07) is 14.5. The standard InChI is InChI=1S/C18H14F3NO3/c1-22(11-13-7-3-5-9-15(13)25-18(19,20)21)17(23)16-10-12-6-2-4-8-14(12)24-16/h2-10H,11H2,1H3. The van der Waals surface area contributed by atoms with Gasteiger partial charge in [0.05, 0.1) is 0 Å². The van der Waals surface area contributed by atoms with Crippen molar-refractivity contribution in [1.82, 2.24) is 4.90 Å². The van der Waals surface area contributed by atoms with E-state index >= 15 is 0 Å². The molecule has 1 amide bonds. The molecule has 0 saturated carbocycles. The van der Waals surface area contributed by atoms with Crippen LogP contribution < -0.4 is 4.74 Å². The molecule has 0 aliphatic carbocycles. The molecule has 4 nitrogen and oxygen atoms in total. The number of alkyl halides is 3. The van der Waals surface area contributed by atoms with Gasteiger partial charge in [-0.05, 0) is 18.2 Å². The van der Waals surface area contributed by atoms with Crippen molar-refractivity contribution in [2.45, 2.75) is 12.9 Å². The average molecular weight is 349 g/mol. The topological polar surface area (TPSA) is 42.7 Å². The molecule has 0 N–H and O–H groups in total. The van der Waals surface area contributed by atoms with Crippen LogP contribution in [0.2, 0.25) is 0 Å². The number of amides is 1.